The van der Waals surface area contributed by atoms with Crippen molar-refractivity contribution in [2.24, 2.45) is 13.0 Å². The van der Waals surface area contributed by atoms with E-state index in [1.54, 1.807) is 17.9 Å². The molecular weight excluding hydrogens is 266 g/mol. The third-order valence-corrected chi connectivity index (χ3v) is 3.30. The molecule has 0 aromatic carbocycles. The van der Waals surface area contributed by atoms with E-state index in [4.69, 9.17) is 0 Å². The smallest absolute Gasteiger partial charge is 0.321 e. The van der Waals surface area contributed by atoms with Gasteiger partial charge >= 0.3 is 6.03 Å². The lowest BCUT2D eigenvalue weighted by Crippen LogP contribution is -2.40. The Bertz CT molecular complexity index is 432. The van der Waals surface area contributed by atoms with Gasteiger partial charge in [0.1, 0.15) is 6.33 Å². The standard InChI is InChI=1S/C11H19N5O2S/c1-8(2)4-5-12-10(18)14-9(17)6-19-11-15-13-7-16(11)3/h7-8H,4-6H2,1-3H3,(H2,12,14,17,18). The molecule has 0 aliphatic heterocycles. The molecule has 2 N–H and O–H groups in total. The number of hydrogen-bond donors (Lipinski definition) is 2. The minimum absolute atomic E-state index is 0.129. The molecule has 0 spiro atoms. The predicted molar refractivity (Wildman–Crippen MR) is 72.7 cm³/mol. The van der Waals surface area contributed by atoms with Gasteiger partial charge in [0.15, 0.2) is 5.16 Å². The van der Waals surface area contributed by atoms with Crippen molar-refractivity contribution in [3.8, 4) is 0 Å². The Labute approximate surface area is 116 Å². The van der Waals surface area contributed by atoms with E-state index >= 15 is 0 Å². The second-order valence-electron chi connectivity index (χ2n) is 4.50. The number of carbonyl (C=O) groups is 2. The lowest BCUT2D eigenvalue weighted by Gasteiger charge is -2.07. The molecule has 3 amide bonds. The van der Waals surface area contributed by atoms with Gasteiger partial charge in [-0.05, 0) is 12.3 Å². The fourth-order valence-corrected chi connectivity index (χ4v) is 1.90. The third-order valence-electron chi connectivity index (χ3n) is 2.26. The van der Waals surface area contributed by atoms with Crippen LogP contribution < -0.4 is 10.6 Å². The van der Waals surface area contributed by atoms with Crippen molar-refractivity contribution >= 4 is 23.7 Å². The SMILES string of the molecule is CC(C)CCNC(=O)NC(=O)CSc1nncn1C. The molecule has 0 radical (unpaired) electrons. The van der Waals surface area contributed by atoms with Crippen LogP contribution in [0.3, 0.4) is 0 Å². The summed E-state index contributed by atoms with van der Waals surface area (Å²) in [6, 6.07) is -0.454. The van der Waals surface area contributed by atoms with E-state index in [2.05, 4.69) is 34.7 Å². The Morgan fingerprint density at radius 3 is 2.79 bits per heavy atom. The summed E-state index contributed by atoms with van der Waals surface area (Å²) < 4.78 is 1.71. The summed E-state index contributed by atoms with van der Waals surface area (Å²) in [5.41, 5.74) is 0. The number of urea groups is 1. The van der Waals surface area contributed by atoms with Gasteiger partial charge in [-0.2, -0.15) is 0 Å². The van der Waals surface area contributed by atoms with Crippen molar-refractivity contribution in [3.05, 3.63) is 6.33 Å². The number of imide groups is 1. The molecule has 1 heterocycles. The Kier molecular flexibility index (Phi) is 6.34. The Balaban J connectivity index is 2.20. The average Bonchev–Trinajstić information content (AvgIpc) is 2.71. The first-order valence-corrected chi connectivity index (χ1v) is 7.02. The number of nitrogens with zero attached hydrogens (tertiary/aromatic N) is 3. The molecule has 0 unspecified atom stereocenters. The highest BCUT2D eigenvalue weighted by atomic mass is 32.2. The summed E-state index contributed by atoms with van der Waals surface area (Å²) >= 11 is 1.23. The summed E-state index contributed by atoms with van der Waals surface area (Å²) in [4.78, 5) is 22.9. The zero-order valence-corrected chi connectivity index (χ0v) is 12.2. The van der Waals surface area contributed by atoms with Gasteiger partial charge < -0.3 is 9.88 Å². The van der Waals surface area contributed by atoms with Gasteiger partial charge in [0, 0.05) is 13.6 Å². The third kappa shape index (κ3) is 6.23. The summed E-state index contributed by atoms with van der Waals surface area (Å²) in [6.45, 7) is 4.71. The van der Waals surface area contributed by atoms with Crippen LogP contribution in [0.1, 0.15) is 20.3 Å². The van der Waals surface area contributed by atoms with Crippen LogP contribution in [0.5, 0.6) is 0 Å². The first-order valence-electron chi connectivity index (χ1n) is 6.03. The fourth-order valence-electron chi connectivity index (χ4n) is 1.21. The first-order chi connectivity index (χ1) is 8.99. The van der Waals surface area contributed by atoms with Gasteiger partial charge in [-0.25, -0.2) is 4.79 Å². The van der Waals surface area contributed by atoms with Gasteiger partial charge in [0.25, 0.3) is 0 Å². The number of carbonyl (C=O) groups excluding carboxylic acids is 2. The highest BCUT2D eigenvalue weighted by Gasteiger charge is 2.10. The van der Waals surface area contributed by atoms with E-state index in [0.29, 0.717) is 17.6 Å². The van der Waals surface area contributed by atoms with Crippen LogP contribution in [-0.4, -0.2) is 39.0 Å². The number of aromatic nitrogens is 3. The van der Waals surface area contributed by atoms with Crippen LogP contribution in [0.2, 0.25) is 0 Å². The van der Waals surface area contributed by atoms with Gasteiger partial charge in [-0.15, -0.1) is 10.2 Å². The highest BCUT2D eigenvalue weighted by molar-refractivity contribution is 7.99. The quantitative estimate of drug-likeness (QED) is 0.754. The fraction of sp³-hybridized carbons (Fsp3) is 0.636. The van der Waals surface area contributed by atoms with E-state index in [1.165, 1.54) is 11.8 Å². The largest absolute Gasteiger partial charge is 0.338 e. The Morgan fingerprint density at radius 1 is 1.47 bits per heavy atom. The van der Waals surface area contributed by atoms with Crippen molar-refractivity contribution < 1.29 is 9.59 Å². The molecule has 7 nitrogen and oxygen atoms in total. The van der Waals surface area contributed by atoms with Crippen LogP contribution in [0.25, 0.3) is 0 Å². The first kappa shape index (κ1) is 15.5. The molecule has 106 valence electrons. The average molecular weight is 285 g/mol. The Hall–Kier alpha value is -1.57. The maximum Gasteiger partial charge on any atom is 0.321 e. The normalized spacial score (nSPS) is 10.5. The number of aryl methyl sites for hydroxylation is 1. The van der Waals surface area contributed by atoms with E-state index < -0.39 is 6.03 Å². The molecule has 0 saturated heterocycles. The molecule has 0 fully saturated rings. The van der Waals surface area contributed by atoms with Gasteiger partial charge in [-0.3, -0.25) is 10.1 Å². The van der Waals surface area contributed by atoms with Crippen molar-refractivity contribution in [2.75, 3.05) is 12.3 Å². The maximum atomic E-state index is 11.5. The van der Waals surface area contributed by atoms with Crippen LogP contribution in [0, 0.1) is 5.92 Å². The number of nitrogens with one attached hydrogen (secondary N) is 2. The second-order valence-corrected chi connectivity index (χ2v) is 5.44. The monoisotopic (exact) mass is 285 g/mol. The molecule has 1 aromatic heterocycles. The van der Waals surface area contributed by atoms with Crippen LogP contribution >= 0.6 is 11.8 Å². The molecule has 0 atom stereocenters. The second kappa shape index (κ2) is 7.78. The molecule has 0 bridgehead atoms. The molecule has 0 aliphatic carbocycles. The summed E-state index contributed by atoms with van der Waals surface area (Å²) in [5, 5.41) is 13.1. The van der Waals surface area contributed by atoms with Crippen molar-refractivity contribution in [1.29, 1.82) is 0 Å². The molecule has 0 aliphatic rings. The molecule has 19 heavy (non-hydrogen) atoms. The van der Waals surface area contributed by atoms with Crippen molar-refractivity contribution in [3.63, 3.8) is 0 Å². The van der Waals surface area contributed by atoms with E-state index in [1.807, 2.05) is 0 Å². The van der Waals surface area contributed by atoms with Crippen molar-refractivity contribution in [1.82, 2.24) is 25.4 Å². The van der Waals surface area contributed by atoms with E-state index in [9.17, 15) is 9.59 Å². The summed E-state index contributed by atoms with van der Waals surface area (Å²) in [6.07, 6.45) is 2.44. The molecule has 8 heteroatoms. The maximum absolute atomic E-state index is 11.5. The lowest BCUT2D eigenvalue weighted by molar-refractivity contribution is -0.117. The number of thioether (sulfide) groups is 1. The Morgan fingerprint density at radius 2 is 2.21 bits per heavy atom. The molecule has 1 aromatic rings. The number of rotatable bonds is 6. The lowest BCUT2D eigenvalue weighted by atomic mass is 10.1. The predicted octanol–water partition coefficient (Wildman–Crippen LogP) is 0.779. The highest BCUT2D eigenvalue weighted by Crippen LogP contribution is 2.12. The number of hydrogen-bond acceptors (Lipinski definition) is 5. The minimum atomic E-state index is -0.454. The van der Waals surface area contributed by atoms with Gasteiger partial charge in [0.05, 0.1) is 5.75 Å². The van der Waals surface area contributed by atoms with Crippen molar-refractivity contribution in [2.45, 2.75) is 25.4 Å². The zero-order valence-electron chi connectivity index (χ0n) is 11.3. The van der Waals surface area contributed by atoms with E-state index in [-0.39, 0.29) is 11.7 Å². The zero-order chi connectivity index (χ0) is 14.3. The molecule has 1 rings (SSSR count). The number of amides is 3. The molecular formula is C11H19N5O2S. The van der Waals surface area contributed by atoms with Crippen LogP contribution in [-0.2, 0) is 11.8 Å². The van der Waals surface area contributed by atoms with Crippen LogP contribution in [0.4, 0.5) is 4.79 Å². The summed E-state index contributed by atoms with van der Waals surface area (Å²) in [7, 11) is 1.79. The summed E-state index contributed by atoms with van der Waals surface area (Å²) in [5.74, 6) is 0.293. The van der Waals surface area contributed by atoms with Gasteiger partial charge in [0.2, 0.25) is 5.91 Å². The molecule has 0 saturated carbocycles. The minimum Gasteiger partial charge on any atom is -0.338 e. The van der Waals surface area contributed by atoms with Crippen LogP contribution in [0.15, 0.2) is 11.5 Å². The topological polar surface area (TPSA) is 88.9 Å². The van der Waals surface area contributed by atoms with E-state index in [0.717, 1.165) is 6.42 Å². The van der Waals surface area contributed by atoms with Gasteiger partial charge in [-0.1, -0.05) is 25.6 Å².